The van der Waals surface area contributed by atoms with E-state index in [0.29, 0.717) is 0 Å². The van der Waals surface area contributed by atoms with E-state index in [-0.39, 0.29) is 0 Å². The molecule has 1 N–H and O–H groups in total. The van der Waals surface area contributed by atoms with E-state index in [1.165, 1.54) is 47.8 Å². The van der Waals surface area contributed by atoms with E-state index < -0.39 is 0 Å². The zero-order valence-electron chi connectivity index (χ0n) is 11.3. The average Bonchev–Trinajstić information content (AvgIpc) is 2.58. The van der Waals surface area contributed by atoms with Crippen molar-refractivity contribution in [2.24, 2.45) is 5.92 Å². The van der Waals surface area contributed by atoms with Crippen molar-refractivity contribution < 1.29 is 0 Å². The van der Waals surface area contributed by atoms with Crippen LogP contribution in [0.5, 0.6) is 0 Å². The summed E-state index contributed by atoms with van der Waals surface area (Å²) in [6.07, 6.45) is 2.75. The fraction of sp³-hybridized carbons (Fsp3) is 0.714. The fourth-order valence-electron chi connectivity index (χ4n) is 2.58. The Kier molecular flexibility index (Phi) is 4.60. The molecule has 1 aliphatic rings. The standard InChI is InChI=1S/C14H24N2S/c1-11-7-14(17-12(11)2)9-15-8-13-5-4-6-16(3)10-13/h7,13,15H,4-6,8-10H2,1-3H3. The van der Waals surface area contributed by atoms with E-state index >= 15 is 0 Å². The van der Waals surface area contributed by atoms with Gasteiger partial charge in [0.2, 0.25) is 0 Å². The summed E-state index contributed by atoms with van der Waals surface area (Å²) in [5.74, 6) is 0.843. The quantitative estimate of drug-likeness (QED) is 0.886. The van der Waals surface area contributed by atoms with E-state index in [0.717, 1.165) is 12.5 Å². The normalized spacial score (nSPS) is 21.9. The van der Waals surface area contributed by atoms with Crippen molar-refractivity contribution in [2.45, 2.75) is 33.2 Å². The number of piperidine rings is 1. The highest BCUT2D eigenvalue weighted by Gasteiger charge is 2.16. The maximum Gasteiger partial charge on any atom is 0.0300 e. The largest absolute Gasteiger partial charge is 0.312 e. The SMILES string of the molecule is Cc1cc(CNCC2CCCN(C)C2)sc1C. The van der Waals surface area contributed by atoms with Crippen molar-refractivity contribution in [2.75, 3.05) is 26.7 Å². The van der Waals surface area contributed by atoms with E-state index in [1.807, 2.05) is 11.3 Å². The molecule has 1 atom stereocenters. The maximum absolute atomic E-state index is 3.62. The minimum Gasteiger partial charge on any atom is -0.312 e. The molecule has 0 aromatic carbocycles. The van der Waals surface area contributed by atoms with Crippen LogP contribution in [0, 0.1) is 19.8 Å². The molecule has 96 valence electrons. The van der Waals surface area contributed by atoms with Crippen LogP contribution in [0.3, 0.4) is 0 Å². The molecular formula is C14H24N2S. The van der Waals surface area contributed by atoms with Gasteiger partial charge in [0.15, 0.2) is 0 Å². The summed E-state index contributed by atoms with van der Waals surface area (Å²) < 4.78 is 0. The Morgan fingerprint density at radius 1 is 1.47 bits per heavy atom. The zero-order chi connectivity index (χ0) is 12.3. The summed E-state index contributed by atoms with van der Waals surface area (Å²) in [7, 11) is 2.23. The van der Waals surface area contributed by atoms with Crippen molar-refractivity contribution >= 4 is 11.3 Å². The van der Waals surface area contributed by atoms with Crippen LogP contribution < -0.4 is 5.32 Å². The van der Waals surface area contributed by atoms with Crippen molar-refractivity contribution in [1.82, 2.24) is 10.2 Å². The summed E-state index contributed by atoms with van der Waals surface area (Å²) in [5.41, 5.74) is 1.43. The van der Waals surface area contributed by atoms with Crippen LogP contribution in [0.25, 0.3) is 0 Å². The molecule has 0 saturated carbocycles. The van der Waals surface area contributed by atoms with Gasteiger partial charge in [0.1, 0.15) is 0 Å². The highest BCUT2D eigenvalue weighted by atomic mass is 32.1. The molecule has 2 heterocycles. The minimum absolute atomic E-state index is 0.843. The second-order valence-corrected chi connectivity index (χ2v) is 6.69. The van der Waals surface area contributed by atoms with Gasteiger partial charge in [-0.2, -0.15) is 0 Å². The number of nitrogens with zero attached hydrogens (tertiary/aromatic N) is 1. The Morgan fingerprint density at radius 2 is 2.29 bits per heavy atom. The molecule has 3 heteroatoms. The van der Waals surface area contributed by atoms with Crippen LogP contribution in [0.15, 0.2) is 6.07 Å². The lowest BCUT2D eigenvalue weighted by molar-refractivity contribution is 0.206. The molecule has 1 unspecified atom stereocenters. The molecule has 1 aromatic heterocycles. The van der Waals surface area contributed by atoms with Gasteiger partial charge in [-0.15, -0.1) is 11.3 Å². The third-order valence-corrected chi connectivity index (χ3v) is 4.82. The van der Waals surface area contributed by atoms with Gasteiger partial charge in [-0.25, -0.2) is 0 Å². The van der Waals surface area contributed by atoms with Gasteiger partial charge in [-0.3, -0.25) is 0 Å². The average molecular weight is 252 g/mol. The molecule has 1 aromatic rings. The Balaban J connectivity index is 1.72. The number of rotatable bonds is 4. The molecule has 0 aliphatic carbocycles. The zero-order valence-corrected chi connectivity index (χ0v) is 12.1. The summed E-state index contributed by atoms with van der Waals surface area (Å²) in [4.78, 5) is 5.39. The number of hydrogen-bond donors (Lipinski definition) is 1. The minimum atomic E-state index is 0.843. The monoisotopic (exact) mass is 252 g/mol. The first-order valence-electron chi connectivity index (χ1n) is 6.60. The van der Waals surface area contributed by atoms with E-state index in [4.69, 9.17) is 0 Å². The second kappa shape index (κ2) is 5.98. The van der Waals surface area contributed by atoms with Gasteiger partial charge in [0, 0.05) is 22.8 Å². The third-order valence-electron chi connectivity index (χ3n) is 3.67. The lowest BCUT2D eigenvalue weighted by Crippen LogP contribution is -2.37. The molecule has 17 heavy (non-hydrogen) atoms. The van der Waals surface area contributed by atoms with Crippen LogP contribution in [0.1, 0.15) is 28.2 Å². The predicted octanol–water partition coefficient (Wildman–Crippen LogP) is 2.80. The van der Waals surface area contributed by atoms with Crippen LogP contribution in [-0.4, -0.2) is 31.6 Å². The molecule has 0 radical (unpaired) electrons. The Labute approximate surface area is 109 Å². The first-order valence-corrected chi connectivity index (χ1v) is 7.42. The Bertz CT molecular complexity index is 340. The summed E-state index contributed by atoms with van der Waals surface area (Å²) in [5, 5.41) is 3.62. The van der Waals surface area contributed by atoms with Gasteiger partial charge >= 0.3 is 0 Å². The number of aryl methyl sites for hydroxylation is 2. The number of hydrogen-bond acceptors (Lipinski definition) is 3. The molecule has 0 amide bonds. The van der Waals surface area contributed by atoms with E-state index in [9.17, 15) is 0 Å². The van der Waals surface area contributed by atoms with Crippen molar-refractivity contribution in [3.8, 4) is 0 Å². The third kappa shape index (κ3) is 3.80. The molecule has 1 aliphatic heterocycles. The highest BCUT2D eigenvalue weighted by Crippen LogP contribution is 2.20. The Morgan fingerprint density at radius 3 is 2.94 bits per heavy atom. The highest BCUT2D eigenvalue weighted by molar-refractivity contribution is 7.12. The lowest BCUT2D eigenvalue weighted by Gasteiger charge is -2.29. The first kappa shape index (κ1) is 13.1. The number of thiophene rings is 1. The van der Waals surface area contributed by atoms with Crippen molar-refractivity contribution in [3.63, 3.8) is 0 Å². The molecule has 2 rings (SSSR count). The Hall–Kier alpha value is -0.380. The van der Waals surface area contributed by atoms with Gasteiger partial charge in [-0.05, 0) is 64.4 Å². The maximum atomic E-state index is 3.62. The number of nitrogens with one attached hydrogen (secondary N) is 1. The first-order chi connectivity index (χ1) is 8.15. The molecule has 0 bridgehead atoms. The smallest absolute Gasteiger partial charge is 0.0300 e. The van der Waals surface area contributed by atoms with E-state index in [2.05, 4.69) is 37.2 Å². The van der Waals surface area contributed by atoms with Crippen LogP contribution in [-0.2, 0) is 6.54 Å². The fourth-order valence-corrected chi connectivity index (χ4v) is 3.60. The van der Waals surface area contributed by atoms with Gasteiger partial charge in [0.25, 0.3) is 0 Å². The van der Waals surface area contributed by atoms with E-state index in [1.54, 1.807) is 0 Å². The molecule has 1 saturated heterocycles. The lowest BCUT2D eigenvalue weighted by atomic mass is 9.98. The molecule has 2 nitrogen and oxygen atoms in total. The molecular weight excluding hydrogens is 228 g/mol. The van der Waals surface area contributed by atoms with Gasteiger partial charge in [-0.1, -0.05) is 0 Å². The summed E-state index contributed by atoms with van der Waals surface area (Å²) in [6.45, 7) is 9.15. The van der Waals surface area contributed by atoms with Crippen LogP contribution in [0.4, 0.5) is 0 Å². The summed E-state index contributed by atoms with van der Waals surface area (Å²) >= 11 is 1.93. The van der Waals surface area contributed by atoms with Gasteiger partial charge in [0.05, 0.1) is 0 Å². The van der Waals surface area contributed by atoms with Gasteiger partial charge < -0.3 is 10.2 Å². The predicted molar refractivity (Wildman–Crippen MR) is 75.7 cm³/mol. The topological polar surface area (TPSA) is 15.3 Å². The van der Waals surface area contributed by atoms with Crippen molar-refractivity contribution in [3.05, 3.63) is 21.4 Å². The van der Waals surface area contributed by atoms with Crippen LogP contribution >= 0.6 is 11.3 Å². The molecule has 1 fully saturated rings. The van der Waals surface area contributed by atoms with Crippen molar-refractivity contribution in [1.29, 1.82) is 0 Å². The second-order valence-electron chi connectivity index (χ2n) is 5.35. The molecule has 0 spiro atoms. The van der Waals surface area contributed by atoms with Crippen LogP contribution in [0.2, 0.25) is 0 Å². The number of likely N-dealkylation sites (tertiary alicyclic amines) is 1. The summed E-state index contributed by atoms with van der Waals surface area (Å²) in [6, 6.07) is 2.32.